The molecule has 0 bridgehead atoms. The van der Waals surface area contributed by atoms with Gasteiger partial charge in [-0.15, -0.1) is 6.58 Å². The highest BCUT2D eigenvalue weighted by atomic mass is 32.2. The summed E-state index contributed by atoms with van der Waals surface area (Å²) in [6, 6.07) is 2.39. The van der Waals surface area contributed by atoms with Gasteiger partial charge in [0.1, 0.15) is 11.9 Å². The number of ether oxygens (including phenoxy) is 1. The first-order valence-corrected chi connectivity index (χ1v) is 9.50. The van der Waals surface area contributed by atoms with Crippen LogP contribution in [-0.2, 0) is 0 Å². The van der Waals surface area contributed by atoms with E-state index < -0.39 is 0 Å². The predicted octanol–water partition coefficient (Wildman–Crippen LogP) is 2.70. The Bertz CT molecular complexity index is 479. The van der Waals surface area contributed by atoms with Crippen LogP contribution in [0.1, 0.15) is 19.8 Å². The first-order chi connectivity index (χ1) is 11.2. The Hall–Kier alpha value is -1.27. The molecule has 23 heavy (non-hydrogen) atoms. The minimum atomic E-state index is 0.110. The van der Waals surface area contributed by atoms with Gasteiger partial charge in [0.2, 0.25) is 0 Å². The fourth-order valence-electron chi connectivity index (χ4n) is 2.48. The molecular weight excluding hydrogens is 308 g/mol. The van der Waals surface area contributed by atoms with E-state index in [1.807, 2.05) is 31.0 Å². The number of nitrogens with zero attached hydrogens (tertiary/aromatic N) is 4. The minimum Gasteiger partial charge on any atom is -0.459 e. The third-order valence-electron chi connectivity index (χ3n) is 4.01. The van der Waals surface area contributed by atoms with Crippen molar-refractivity contribution in [2.24, 2.45) is 0 Å². The van der Waals surface area contributed by atoms with Gasteiger partial charge in [0.25, 0.3) is 0 Å². The van der Waals surface area contributed by atoms with E-state index in [1.165, 1.54) is 11.5 Å². The zero-order chi connectivity index (χ0) is 16.5. The largest absolute Gasteiger partial charge is 0.459 e. The van der Waals surface area contributed by atoms with Crippen molar-refractivity contribution < 1.29 is 4.74 Å². The maximum atomic E-state index is 6.11. The third-order valence-corrected chi connectivity index (χ3v) is 4.96. The number of anilines is 1. The molecule has 0 radical (unpaired) electrons. The molecule has 2 heterocycles. The summed E-state index contributed by atoms with van der Waals surface area (Å²) in [5.74, 6) is 3.32. The van der Waals surface area contributed by atoms with Gasteiger partial charge in [-0.2, -0.15) is 16.7 Å². The second kappa shape index (κ2) is 9.78. The van der Waals surface area contributed by atoms with E-state index in [-0.39, 0.29) is 6.10 Å². The fourth-order valence-corrected chi connectivity index (χ4v) is 3.45. The predicted molar refractivity (Wildman–Crippen MR) is 98.6 cm³/mol. The van der Waals surface area contributed by atoms with Crippen LogP contribution in [0.3, 0.4) is 0 Å². The lowest BCUT2D eigenvalue weighted by atomic mass is 10.2. The highest BCUT2D eigenvalue weighted by Gasteiger charge is 2.19. The highest BCUT2D eigenvalue weighted by Crippen LogP contribution is 2.16. The lowest BCUT2D eigenvalue weighted by molar-refractivity contribution is 0.122. The number of aromatic nitrogens is 2. The van der Waals surface area contributed by atoms with Gasteiger partial charge in [0, 0.05) is 50.9 Å². The summed E-state index contributed by atoms with van der Waals surface area (Å²) in [5, 5.41) is 0. The fraction of sp³-hybridized carbons (Fsp3) is 0.647. The molecule has 1 aromatic rings. The Balaban J connectivity index is 1.99. The number of allylic oxidation sites excluding steroid dienone is 1. The standard InChI is InChI=1S/C17H28N4OS/c1-4-6-7-15(14-21-10-12-23-13-11-21)22-17-18-9-8-16(19-17)20(3)5-2/h4,8-9,15H,1,5-7,10-14H2,2-3H3/t15-/m0/s1. The zero-order valence-electron chi connectivity index (χ0n) is 14.3. The van der Waals surface area contributed by atoms with Crippen LogP contribution < -0.4 is 9.64 Å². The van der Waals surface area contributed by atoms with Crippen molar-refractivity contribution in [3.05, 3.63) is 24.9 Å². The normalized spacial score (nSPS) is 16.8. The lowest BCUT2D eigenvalue weighted by Gasteiger charge is -2.30. The van der Waals surface area contributed by atoms with Crippen LogP contribution in [0.4, 0.5) is 5.82 Å². The van der Waals surface area contributed by atoms with Crippen molar-refractivity contribution in [2.45, 2.75) is 25.9 Å². The van der Waals surface area contributed by atoms with Gasteiger partial charge < -0.3 is 9.64 Å². The van der Waals surface area contributed by atoms with E-state index in [9.17, 15) is 0 Å². The molecule has 0 spiro atoms. The maximum Gasteiger partial charge on any atom is 0.318 e. The van der Waals surface area contributed by atoms with Gasteiger partial charge in [-0.25, -0.2) is 4.98 Å². The van der Waals surface area contributed by atoms with Gasteiger partial charge in [-0.3, -0.25) is 4.90 Å². The van der Waals surface area contributed by atoms with Gasteiger partial charge in [-0.1, -0.05) is 6.08 Å². The quantitative estimate of drug-likeness (QED) is 0.646. The van der Waals surface area contributed by atoms with E-state index in [4.69, 9.17) is 4.74 Å². The molecule has 1 atom stereocenters. The lowest BCUT2D eigenvalue weighted by Crippen LogP contribution is -2.40. The van der Waals surface area contributed by atoms with Crippen molar-refractivity contribution in [3.63, 3.8) is 0 Å². The Labute approximate surface area is 144 Å². The third kappa shape index (κ3) is 6.03. The summed E-state index contributed by atoms with van der Waals surface area (Å²) >= 11 is 2.03. The monoisotopic (exact) mass is 336 g/mol. The van der Waals surface area contributed by atoms with Gasteiger partial charge in [0.05, 0.1) is 0 Å². The molecule has 0 aliphatic carbocycles. The molecule has 1 aromatic heterocycles. The Morgan fingerprint density at radius 3 is 2.96 bits per heavy atom. The molecule has 0 amide bonds. The Kier molecular flexibility index (Phi) is 7.68. The number of hydrogen-bond acceptors (Lipinski definition) is 6. The van der Waals surface area contributed by atoms with Crippen LogP contribution in [0, 0.1) is 0 Å². The van der Waals surface area contributed by atoms with Crippen molar-refractivity contribution >= 4 is 17.6 Å². The van der Waals surface area contributed by atoms with Crippen molar-refractivity contribution in [3.8, 4) is 6.01 Å². The molecule has 1 aliphatic heterocycles. The van der Waals surface area contributed by atoms with Gasteiger partial charge in [0.15, 0.2) is 0 Å². The van der Waals surface area contributed by atoms with Gasteiger partial charge >= 0.3 is 6.01 Å². The Morgan fingerprint density at radius 2 is 2.26 bits per heavy atom. The molecule has 1 saturated heterocycles. The number of thioether (sulfide) groups is 1. The smallest absolute Gasteiger partial charge is 0.318 e. The first-order valence-electron chi connectivity index (χ1n) is 8.34. The summed E-state index contributed by atoms with van der Waals surface area (Å²) in [6.45, 7) is 10.0. The topological polar surface area (TPSA) is 41.5 Å². The minimum absolute atomic E-state index is 0.110. The average Bonchev–Trinajstić information content (AvgIpc) is 2.60. The number of rotatable bonds is 9. The summed E-state index contributed by atoms with van der Waals surface area (Å²) in [6.07, 6.45) is 5.72. The van der Waals surface area contributed by atoms with E-state index in [0.717, 1.165) is 44.8 Å². The van der Waals surface area contributed by atoms with Crippen LogP contribution in [0.2, 0.25) is 0 Å². The van der Waals surface area contributed by atoms with Crippen LogP contribution in [0.15, 0.2) is 24.9 Å². The second-order valence-electron chi connectivity index (χ2n) is 5.73. The average molecular weight is 337 g/mol. The van der Waals surface area contributed by atoms with Crippen molar-refractivity contribution in [1.29, 1.82) is 0 Å². The molecular formula is C17H28N4OS. The summed E-state index contributed by atoms with van der Waals surface area (Å²) in [5.41, 5.74) is 0. The summed E-state index contributed by atoms with van der Waals surface area (Å²) in [7, 11) is 2.02. The molecule has 0 aromatic carbocycles. The molecule has 0 N–H and O–H groups in total. The van der Waals surface area contributed by atoms with Crippen molar-refractivity contribution in [2.75, 3.05) is 49.6 Å². The molecule has 0 saturated carbocycles. The van der Waals surface area contributed by atoms with Gasteiger partial charge in [-0.05, 0) is 25.8 Å². The van der Waals surface area contributed by atoms with Crippen LogP contribution >= 0.6 is 11.8 Å². The van der Waals surface area contributed by atoms with Crippen LogP contribution in [0.5, 0.6) is 6.01 Å². The van der Waals surface area contributed by atoms with E-state index in [1.54, 1.807) is 6.20 Å². The second-order valence-corrected chi connectivity index (χ2v) is 6.96. The molecule has 2 rings (SSSR count). The maximum absolute atomic E-state index is 6.11. The molecule has 128 valence electrons. The van der Waals surface area contributed by atoms with E-state index in [0.29, 0.717) is 6.01 Å². The zero-order valence-corrected chi connectivity index (χ0v) is 15.1. The summed E-state index contributed by atoms with van der Waals surface area (Å²) in [4.78, 5) is 13.4. The molecule has 6 heteroatoms. The first kappa shape index (κ1) is 18.1. The van der Waals surface area contributed by atoms with Crippen LogP contribution in [-0.4, -0.2) is 65.7 Å². The van der Waals surface area contributed by atoms with Crippen molar-refractivity contribution in [1.82, 2.24) is 14.9 Å². The molecule has 1 aliphatic rings. The molecule has 1 fully saturated rings. The molecule has 5 nitrogen and oxygen atoms in total. The SMILES string of the molecule is C=CCC[C@@H](CN1CCSCC1)Oc1nccc(N(C)CC)n1. The summed E-state index contributed by atoms with van der Waals surface area (Å²) < 4.78 is 6.11. The highest BCUT2D eigenvalue weighted by molar-refractivity contribution is 7.99. The van der Waals surface area contributed by atoms with E-state index >= 15 is 0 Å². The Morgan fingerprint density at radius 1 is 1.48 bits per heavy atom. The number of hydrogen-bond donors (Lipinski definition) is 0. The molecule has 0 unspecified atom stereocenters. The van der Waals surface area contributed by atoms with E-state index in [2.05, 4.69) is 33.3 Å². The van der Waals surface area contributed by atoms with Crippen LogP contribution in [0.25, 0.3) is 0 Å².